The zero-order chi connectivity index (χ0) is 27.9. The van der Waals surface area contributed by atoms with Gasteiger partial charge in [-0.3, -0.25) is 4.98 Å². The number of benzene rings is 1. The summed E-state index contributed by atoms with van der Waals surface area (Å²) in [5.41, 5.74) is 2.74. The summed E-state index contributed by atoms with van der Waals surface area (Å²) >= 11 is 0. The van der Waals surface area contributed by atoms with Crippen LogP contribution in [-0.4, -0.2) is 66.5 Å². The molecule has 208 valence electrons. The summed E-state index contributed by atoms with van der Waals surface area (Å²) in [7, 11) is 0. The smallest absolute Gasteiger partial charge is 0.410 e. The Morgan fingerprint density at radius 2 is 1.95 bits per heavy atom. The van der Waals surface area contributed by atoms with E-state index < -0.39 is 5.60 Å². The van der Waals surface area contributed by atoms with Crippen LogP contribution in [0.5, 0.6) is 0 Å². The summed E-state index contributed by atoms with van der Waals surface area (Å²) in [5.74, 6) is 2.26. The van der Waals surface area contributed by atoms with Crippen LogP contribution >= 0.6 is 0 Å². The SMILES string of the molecule is CCCCc1ccc2c(Nc3cnccn3)nn(-c3ccnc(N4C[C@@H]5C[C@H]4CN5C(=O)OC(C)(C)C)c3)c2c1. The quantitative estimate of drug-likeness (QED) is 0.328. The number of unbranched alkanes of at least 4 members (excludes halogenated alkanes) is 1. The van der Waals surface area contributed by atoms with Crippen LogP contribution in [0.15, 0.2) is 55.1 Å². The molecule has 0 spiro atoms. The fraction of sp³-hybridized carbons (Fsp3) is 0.433. The van der Waals surface area contributed by atoms with Crippen LogP contribution in [0.3, 0.4) is 0 Å². The fourth-order valence-corrected chi connectivity index (χ4v) is 5.66. The van der Waals surface area contributed by atoms with Gasteiger partial charge in [0, 0.05) is 43.1 Å². The first kappa shape index (κ1) is 26.0. The largest absolute Gasteiger partial charge is 0.444 e. The molecule has 1 N–H and O–H groups in total. The standard InChI is InChI=1S/C30H36N8O2/c1-5-6-7-20-8-9-24-25(14-20)38(35-28(24)34-26-17-31-12-13-32-26)21-10-11-33-27(16-21)36-18-23-15-22(36)19-37(23)29(39)40-30(2,3)4/h8-14,16-17,22-23H,5-7,15,18-19H2,1-4H3,(H,32,34,35)/t22-,23-/m0/s1. The van der Waals surface area contributed by atoms with Crippen molar-refractivity contribution >= 4 is 34.4 Å². The number of aryl methyl sites for hydroxylation is 1. The van der Waals surface area contributed by atoms with E-state index in [4.69, 9.17) is 14.8 Å². The number of carbonyl (C=O) groups excluding carboxylic acids is 1. The molecule has 2 fully saturated rings. The third-order valence-electron chi connectivity index (χ3n) is 7.51. The normalized spacial score (nSPS) is 18.5. The van der Waals surface area contributed by atoms with E-state index in [0.717, 1.165) is 60.5 Å². The number of pyridine rings is 1. The van der Waals surface area contributed by atoms with Crippen LogP contribution < -0.4 is 10.2 Å². The summed E-state index contributed by atoms with van der Waals surface area (Å²) in [6, 6.07) is 11.0. The predicted molar refractivity (Wildman–Crippen MR) is 155 cm³/mol. The Balaban J connectivity index is 1.30. The highest BCUT2D eigenvalue weighted by Crippen LogP contribution is 2.36. The van der Waals surface area contributed by atoms with Gasteiger partial charge in [0.1, 0.15) is 17.2 Å². The van der Waals surface area contributed by atoms with Crippen molar-refractivity contribution in [2.24, 2.45) is 0 Å². The van der Waals surface area contributed by atoms with Gasteiger partial charge in [0.15, 0.2) is 5.82 Å². The number of amides is 1. The van der Waals surface area contributed by atoms with E-state index in [-0.39, 0.29) is 18.2 Å². The molecule has 1 amide bonds. The number of nitrogens with one attached hydrogen (secondary N) is 1. The maximum atomic E-state index is 12.7. The number of piperazine rings is 1. The zero-order valence-corrected chi connectivity index (χ0v) is 23.5. The van der Waals surface area contributed by atoms with E-state index in [1.165, 1.54) is 5.56 Å². The molecule has 10 heteroatoms. The molecule has 2 aliphatic rings. The first-order valence-corrected chi connectivity index (χ1v) is 14.1. The lowest BCUT2D eigenvalue weighted by Crippen LogP contribution is -2.50. The highest BCUT2D eigenvalue weighted by Gasteiger charge is 2.47. The molecule has 0 saturated carbocycles. The maximum absolute atomic E-state index is 12.7. The first-order valence-electron chi connectivity index (χ1n) is 14.1. The van der Waals surface area contributed by atoms with E-state index in [0.29, 0.717) is 12.4 Å². The molecule has 2 atom stereocenters. The Morgan fingerprint density at radius 3 is 2.67 bits per heavy atom. The highest BCUT2D eigenvalue weighted by molar-refractivity contribution is 5.93. The van der Waals surface area contributed by atoms with Crippen LogP contribution in [-0.2, 0) is 11.2 Å². The molecule has 3 aromatic heterocycles. The molecule has 2 aliphatic heterocycles. The van der Waals surface area contributed by atoms with Gasteiger partial charge in [0.2, 0.25) is 0 Å². The van der Waals surface area contributed by atoms with Gasteiger partial charge in [0.05, 0.1) is 29.5 Å². The average Bonchev–Trinajstić information content (AvgIpc) is 3.65. The summed E-state index contributed by atoms with van der Waals surface area (Å²) < 4.78 is 7.62. The van der Waals surface area contributed by atoms with Crippen molar-refractivity contribution in [1.29, 1.82) is 0 Å². The van der Waals surface area contributed by atoms with E-state index in [2.05, 4.69) is 51.4 Å². The van der Waals surface area contributed by atoms with Gasteiger partial charge in [-0.1, -0.05) is 19.4 Å². The monoisotopic (exact) mass is 540 g/mol. The van der Waals surface area contributed by atoms with Gasteiger partial charge in [-0.25, -0.2) is 19.4 Å². The van der Waals surface area contributed by atoms with Crippen molar-refractivity contribution in [3.05, 3.63) is 60.7 Å². The first-order chi connectivity index (χ1) is 19.3. The van der Waals surface area contributed by atoms with Crippen molar-refractivity contribution in [2.45, 2.75) is 71.1 Å². The van der Waals surface area contributed by atoms with Gasteiger partial charge < -0.3 is 19.9 Å². The Morgan fingerprint density at radius 1 is 1.07 bits per heavy atom. The van der Waals surface area contributed by atoms with Gasteiger partial charge >= 0.3 is 6.09 Å². The maximum Gasteiger partial charge on any atom is 0.410 e. The number of aromatic nitrogens is 5. The lowest BCUT2D eigenvalue weighted by Gasteiger charge is -2.35. The molecular formula is C30H36N8O2. The van der Waals surface area contributed by atoms with Crippen molar-refractivity contribution in [2.75, 3.05) is 23.3 Å². The lowest BCUT2D eigenvalue weighted by atomic mass is 10.1. The third kappa shape index (κ3) is 5.17. The van der Waals surface area contributed by atoms with Crippen molar-refractivity contribution in [1.82, 2.24) is 29.6 Å². The van der Waals surface area contributed by atoms with Crippen molar-refractivity contribution in [3.63, 3.8) is 0 Å². The van der Waals surface area contributed by atoms with E-state index in [1.54, 1.807) is 18.6 Å². The molecule has 0 radical (unpaired) electrons. The molecule has 2 saturated heterocycles. The highest BCUT2D eigenvalue weighted by atomic mass is 16.6. The van der Waals surface area contributed by atoms with Crippen LogP contribution in [0, 0.1) is 0 Å². The summed E-state index contributed by atoms with van der Waals surface area (Å²) in [6.45, 7) is 9.30. The second-order valence-corrected chi connectivity index (χ2v) is 11.6. The fourth-order valence-electron chi connectivity index (χ4n) is 5.66. The van der Waals surface area contributed by atoms with Gasteiger partial charge in [0.25, 0.3) is 0 Å². The van der Waals surface area contributed by atoms with E-state index in [1.807, 2.05) is 42.6 Å². The molecule has 6 rings (SSSR count). The number of nitrogens with zero attached hydrogens (tertiary/aromatic N) is 7. The van der Waals surface area contributed by atoms with Crippen LogP contribution in [0.1, 0.15) is 52.5 Å². The minimum absolute atomic E-state index is 0.125. The summed E-state index contributed by atoms with van der Waals surface area (Å²) in [6.07, 6.45) is 10.8. The van der Waals surface area contributed by atoms with Gasteiger partial charge in [-0.15, -0.1) is 5.10 Å². The average molecular weight is 541 g/mol. The zero-order valence-electron chi connectivity index (χ0n) is 23.5. The number of rotatable bonds is 7. The van der Waals surface area contributed by atoms with Gasteiger partial charge in [-0.05, 0) is 63.8 Å². The number of hydrogen-bond acceptors (Lipinski definition) is 8. The Bertz CT molecular complexity index is 1510. The van der Waals surface area contributed by atoms with Crippen LogP contribution in [0.2, 0.25) is 0 Å². The third-order valence-corrected chi connectivity index (χ3v) is 7.51. The summed E-state index contributed by atoms with van der Waals surface area (Å²) in [4.78, 5) is 30.2. The number of hydrogen-bond donors (Lipinski definition) is 1. The van der Waals surface area contributed by atoms with Crippen molar-refractivity contribution in [3.8, 4) is 5.69 Å². The minimum Gasteiger partial charge on any atom is -0.444 e. The van der Waals surface area contributed by atoms with Crippen LogP contribution in [0.4, 0.5) is 22.2 Å². The molecule has 2 bridgehead atoms. The second-order valence-electron chi connectivity index (χ2n) is 11.6. The van der Waals surface area contributed by atoms with E-state index >= 15 is 0 Å². The Labute approximate surface area is 234 Å². The second kappa shape index (κ2) is 10.4. The Kier molecular flexibility index (Phi) is 6.77. The number of anilines is 3. The molecule has 10 nitrogen and oxygen atoms in total. The lowest BCUT2D eigenvalue weighted by molar-refractivity contribution is 0.0214. The van der Waals surface area contributed by atoms with E-state index in [9.17, 15) is 4.79 Å². The topological polar surface area (TPSA) is 101 Å². The molecule has 40 heavy (non-hydrogen) atoms. The molecule has 0 aliphatic carbocycles. The predicted octanol–water partition coefficient (Wildman–Crippen LogP) is 5.49. The molecule has 0 unspecified atom stereocenters. The summed E-state index contributed by atoms with van der Waals surface area (Å²) in [5, 5.41) is 9.34. The molecule has 5 heterocycles. The Hall–Kier alpha value is -4.21. The number of likely N-dealkylation sites (tertiary alicyclic amines) is 1. The molecule has 4 aromatic rings. The van der Waals surface area contributed by atoms with Crippen LogP contribution in [0.25, 0.3) is 16.6 Å². The number of fused-ring (bicyclic) bond motifs is 3. The molecular weight excluding hydrogens is 504 g/mol. The van der Waals surface area contributed by atoms with Crippen molar-refractivity contribution < 1.29 is 9.53 Å². The minimum atomic E-state index is -0.502. The number of carbonyl (C=O) groups is 1. The molecule has 1 aromatic carbocycles. The number of ether oxygens (including phenoxy) is 1. The van der Waals surface area contributed by atoms with Gasteiger partial charge in [-0.2, -0.15) is 0 Å².